The van der Waals surface area contributed by atoms with Crippen molar-refractivity contribution in [3.8, 4) is 0 Å². The van der Waals surface area contributed by atoms with Crippen LogP contribution in [0.3, 0.4) is 0 Å². The Morgan fingerprint density at radius 2 is 1.00 bits per heavy atom. The fourth-order valence-corrected chi connectivity index (χ4v) is 2.52. The SMILES string of the molecule is CCCCCCCCCCCCCCNC(C)(C)CC. The van der Waals surface area contributed by atoms with E-state index >= 15 is 0 Å². The van der Waals surface area contributed by atoms with Gasteiger partial charge in [-0.1, -0.05) is 84.5 Å². The summed E-state index contributed by atoms with van der Waals surface area (Å²) in [6, 6.07) is 0. The van der Waals surface area contributed by atoms with E-state index in [1.807, 2.05) is 0 Å². The van der Waals surface area contributed by atoms with Crippen molar-refractivity contribution in [2.75, 3.05) is 6.54 Å². The van der Waals surface area contributed by atoms with Crippen LogP contribution in [0.25, 0.3) is 0 Å². The molecule has 122 valence electrons. The highest BCUT2D eigenvalue weighted by Gasteiger charge is 2.12. The lowest BCUT2D eigenvalue weighted by molar-refractivity contribution is 0.370. The molecule has 20 heavy (non-hydrogen) atoms. The van der Waals surface area contributed by atoms with Crippen LogP contribution < -0.4 is 5.32 Å². The largest absolute Gasteiger partial charge is 0.312 e. The van der Waals surface area contributed by atoms with E-state index in [4.69, 9.17) is 0 Å². The predicted molar refractivity (Wildman–Crippen MR) is 93.5 cm³/mol. The van der Waals surface area contributed by atoms with Gasteiger partial charge in [-0.25, -0.2) is 0 Å². The predicted octanol–water partition coefficient (Wildman–Crippen LogP) is 6.47. The van der Waals surface area contributed by atoms with Crippen molar-refractivity contribution < 1.29 is 0 Å². The molecule has 1 N–H and O–H groups in total. The summed E-state index contributed by atoms with van der Waals surface area (Å²) in [5, 5.41) is 3.64. The molecule has 0 saturated heterocycles. The second-order valence-electron chi connectivity index (χ2n) is 7.05. The topological polar surface area (TPSA) is 12.0 Å². The Kier molecular flexibility index (Phi) is 13.9. The summed E-state index contributed by atoms with van der Waals surface area (Å²) >= 11 is 0. The molecule has 0 aromatic carbocycles. The van der Waals surface area contributed by atoms with Gasteiger partial charge >= 0.3 is 0 Å². The van der Waals surface area contributed by atoms with Crippen LogP contribution in [0.5, 0.6) is 0 Å². The van der Waals surface area contributed by atoms with Gasteiger partial charge in [0.15, 0.2) is 0 Å². The molecule has 0 radical (unpaired) electrons. The highest BCUT2D eigenvalue weighted by atomic mass is 14.9. The van der Waals surface area contributed by atoms with Gasteiger partial charge in [0.25, 0.3) is 0 Å². The van der Waals surface area contributed by atoms with Gasteiger partial charge < -0.3 is 5.32 Å². The zero-order valence-corrected chi connectivity index (χ0v) is 14.9. The smallest absolute Gasteiger partial charge is 0.0122 e. The average molecular weight is 284 g/mol. The van der Waals surface area contributed by atoms with Gasteiger partial charge in [0.05, 0.1) is 0 Å². The Labute approximate surface area is 129 Å². The monoisotopic (exact) mass is 283 g/mol. The number of hydrogen-bond donors (Lipinski definition) is 1. The summed E-state index contributed by atoms with van der Waals surface area (Å²) in [5.74, 6) is 0. The highest BCUT2D eigenvalue weighted by Crippen LogP contribution is 2.12. The average Bonchev–Trinajstić information content (AvgIpc) is 2.44. The third-order valence-corrected chi connectivity index (χ3v) is 4.52. The van der Waals surface area contributed by atoms with Gasteiger partial charge in [0, 0.05) is 5.54 Å². The Morgan fingerprint density at radius 3 is 1.40 bits per heavy atom. The fraction of sp³-hybridized carbons (Fsp3) is 1.00. The molecule has 0 aromatic rings. The Morgan fingerprint density at radius 1 is 0.600 bits per heavy atom. The molecule has 0 aromatic heterocycles. The van der Waals surface area contributed by atoms with Crippen LogP contribution in [0.15, 0.2) is 0 Å². The summed E-state index contributed by atoms with van der Waals surface area (Å²) in [6.07, 6.45) is 18.4. The summed E-state index contributed by atoms with van der Waals surface area (Å²) < 4.78 is 0. The molecule has 0 bridgehead atoms. The zero-order valence-electron chi connectivity index (χ0n) is 14.9. The lowest BCUT2D eigenvalue weighted by Crippen LogP contribution is -2.38. The molecule has 1 heteroatoms. The minimum absolute atomic E-state index is 0.331. The third kappa shape index (κ3) is 14.4. The van der Waals surface area contributed by atoms with Crippen molar-refractivity contribution in [2.45, 2.75) is 117 Å². The van der Waals surface area contributed by atoms with E-state index in [2.05, 4.69) is 33.0 Å². The molecule has 1 nitrogen and oxygen atoms in total. The van der Waals surface area contributed by atoms with E-state index in [1.165, 1.54) is 90.0 Å². The molecule has 0 rings (SSSR count). The first kappa shape index (κ1) is 20.0. The zero-order chi connectivity index (χ0) is 15.1. The first-order valence-electron chi connectivity index (χ1n) is 9.37. The molecule has 0 spiro atoms. The maximum Gasteiger partial charge on any atom is 0.0122 e. The fourth-order valence-electron chi connectivity index (χ4n) is 2.52. The number of hydrogen-bond acceptors (Lipinski definition) is 1. The Bertz CT molecular complexity index is 186. The molecule has 0 aliphatic rings. The standard InChI is InChI=1S/C19H41N/c1-5-7-8-9-10-11-12-13-14-15-16-17-18-20-19(3,4)6-2/h20H,5-18H2,1-4H3. The van der Waals surface area contributed by atoms with Crippen LogP contribution in [-0.2, 0) is 0 Å². The molecular weight excluding hydrogens is 242 g/mol. The second kappa shape index (κ2) is 13.9. The van der Waals surface area contributed by atoms with E-state index in [-0.39, 0.29) is 0 Å². The maximum atomic E-state index is 3.64. The van der Waals surface area contributed by atoms with Crippen LogP contribution in [0.2, 0.25) is 0 Å². The van der Waals surface area contributed by atoms with Crippen molar-refractivity contribution in [3.05, 3.63) is 0 Å². The van der Waals surface area contributed by atoms with Crippen molar-refractivity contribution in [3.63, 3.8) is 0 Å². The molecule has 0 heterocycles. The van der Waals surface area contributed by atoms with Crippen molar-refractivity contribution in [2.24, 2.45) is 0 Å². The second-order valence-corrected chi connectivity index (χ2v) is 7.05. The summed E-state index contributed by atoms with van der Waals surface area (Å²) in [4.78, 5) is 0. The normalized spacial score (nSPS) is 12.0. The lowest BCUT2D eigenvalue weighted by Gasteiger charge is -2.24. The van der Waals surface area contributed by atoms with E-state index in [1.54, 1.807) is 0 Å². The molecule has 0 fully saturated rings. The highest BCUT2D eigenvalue weighted by molar-refractivity contribution is 4.74. The Hall–Kier alpha value is -0.0400. The van der Waals surface area contributed by atoms with Crippen molar-refractivity contribution in [1.82, 2.24) is 5.32 Å². The van der Waals surface area contributed by atoms with Gasteiger partial charge in [-0.05, 0) is 33.2 Å². The minimum Gasteiger partial charge on any atom is -0.312 e. The van der Waals surface area contributed by atoms with E-state index < -0.39 is 0 Å². The van der Waals surface area contributed by atoms with Crippen LogP contribution in [0.1, 0.15) is 111 Å². The molecule has 0 aliphatic heterocycles. The summed E-state index contributed by atoms with van der Waals surface area (Å²) in [7, 11) is 0. The third-order valence-electron chi connectivity index (χ3n) is 4.52. The first-order chi connectivity index (χ1) is 9.62. The summed E-state index contributed by atoms with van der Waals surface area (Å²) in [5.41, 5.74) is 0.331. The van der Waals surface area contributed by atoms with E-state index in [0.29, 0.717) is 5.54 Å². The molecule has 0 saturated carbocycles. The maximum absolute atomic E-state index is 3.64. The number of rotatable bonds is 15. The first-order valence-corrected chi connectivity index (χ1v) is 9.37. The van der Waals surface area contributed by atoms with Crippen LogP contribution in [0, 0.1) is 0 Å². The quantitative estimate of drug-likeness (QED) is 0.340. The lowest BCUT2D eigenvalue weighted by atomic mass is 10.0. The molecule has 0 amide bonds. The number of unbranched alkanes of at least 4 members (excludes halogenated alkanes) is 11. The van der Waals surface area contributed by atoms with Crippen molar-refractivity contribution in [1.29, 1.82) is 0 Å². The van der Waals surface area contributed by atoms with Crippen molar-refractivity contribution >= 4 is 0 Å². The molecule has 0 aliphatic carbocycles. The van der Waals surface area contributed by atoms with Crippen LogP contribution in [0.4, 0.5) is 0 Å². The Balaban J connectivity index is 3.06. The molecule has 0 atom stereocenters. The minimum atomic E-state index is 0.331. The number of nitrogens with one attached hydrogen (secondary N) is 1. The summed E-state index contributed by atoms with van der Waals surface area (Å²) in [6.45, 7) is 10.3. The molecular formula is C19H41N. The van der Waals surface area contributed by atoms with Gasteiger partial charge in [-0.3, -0.25) is 0 Å². The van der Waals surface area contributed by atoms with Gasteiger partial charge in [0.1, 0.15) is 0 Å². The molecule has 0 unspecified atom stereocenters. The van der Waals surface area contributed by atoms with Gasteiger partial charge in [0.2, 0.25) is 0 Å². The van der Waals surface area contributed by atoms with Crippen LogP contribution in [-0.4, -0.2) is 12.1 Å². The van der Waals surface area contributed by atoms with E-state index in [0.717, 1.165) is 0 Å². The van der Waals surface area contributed by atoms with Gasteiger partial charge in [-0.15, -0.1) is 0 Å². The van der Waals surface area contributed by atoms with E-state index in [9.17, 15) is 0 Å². The van der Waals surface area contributed by atoms with Crippen LogP contribution >= 0.6 is 0 Å². The van der Waals surface area contributed by atoms with Gasteiger partial charge in [-0.2, -0.15) is 0 Å².